The molecule has 1 aliphatic heterocycles. The highest BCUT2D eigenvalue weighted by Crippen LogP contribution is 2.17. The Morgan fingerprint density at radius 1 is 1.32 bits per heavy atom. The van der Waals surface area contributed by atoms with Crippen LogP contribution in [0.25, 0.3) is 16.9 Å². The normalized spacial score (nSPS) is 17.0. The molecular formula is C18H19N5O2. The van der Waals surface area contributed by atoms with Gasteiger partial charge in [-0.25, -0.2) is 9.50 Å². The van der Waals surface area contributed by atoms with Crippen molar-refractivity contribution >= 4 is 11.6 Å². The van der Waals surface area contributed by atoms with Crippen LogP contribution in [0.3, 0.4) is 0 Å². The molecule has 0 bridgehead atoms. The summed E-state index contributed by atoms with van der Waals surface area (Å²) in [6.07, 6.45) is 2.59. The van der Waals surface area contributed by atoms with Crippen LogP contribution in [0.2, 0.25) is 0 Å². The van der Waals surface area contributed by atoms with Gasteiger partial charge in [-0.15, -0.1) is 0 Å². The van der Waals surface area contributed by atoms with Gasteiger partial charge < -0.3 is 10.6 Å². The zero-order valence-corrected chi connectivity index (χ0v) is 13.7. The molecule has 3 heterocycles. The molecule has 3 N–H and O–H groups in total. The van der Waals surface area contributed by atoms with Crippen LogP contribution in [0.5, 0.6) is 0 Å². The summed E-state index contributed by atoms with van der Waals surface area (Å²) in [6.45, 7) is 2.53. The fourth-order valence-corrected chi connectivity index (χ4v) is 3.13. The maximum Gasteiger partial charge on any atom is 0.273 e. The van der Waals surface area contributed by atoms with Crippen molar-refractivity contribution in [1.29, 1.82) is 0 Å². The molecule has 1 amide bonds. The lowest BCUT2D eigenvalue weighted by molar-refractivity contribution is 0.0949. The summed E-state index contributed by atoms with van der Waals surface area (Å²) in [7, 11) is 0. The Hall–Kier alpha value is -2.93. The molecule has 1 atom stereocenters. The number of hydrogen-bond acceptors (Lipinski definition) is 4. The molecule has 0 saturated carbocycles. The number of rotatable bonds is 4. The Balaban J connectivity index is 1.66. The van der Waals surface area contributed by atoms with Crippen molar-refractivity contribution in [3.8, 4) is 11.3 Å². The van der Waals surface area contributed by atoms with Crippen molar-refractivity contribution in [1.82, 2.24) is 25.2 Å². The van der Waals surface area contributed by atoms with Crippen LogP contribution in [-0.2, 0) is 0 Å². The van der Waals surface area contributed by atoms with Crippen LogP contribution in [0.4, 0.5) is 0 Å². The number of nitrogens with one attached hydrogen (secondary N) is 3. The van der Waals surface area contributed by atoms with Crippen LogP contribution in [0.15, 0.2) is 47.4 Å². The lowest BCUT2D eigenvalue weighted by Gasteiger charge is -2.09. The molecule has 1 unspecified atom stereocenters. The molecule has 0 spiro atoms. The van der Waals surface area contributed by atoms with Crippen molar-refractivity contribution in [2.75, 3.05) is 19.6 Å². The van der Waals surface area contributed by atoms with E-state index in [2.05, 4.69) is 20.7 Å². The van der Waals surface area contributed by atoms with Crippen LogP contribution >= 0.6 is 0 Å². The fraction of sp³-hybridized carbons (Fsp3) is 0.278. The molecule has 0 radical (unpaired) electrons. The highest BCUT2D eigenvalue weighted by atomic mass is 16.2. The van der Waals surface area contributed by atoms with Crippen molar-refractivity contribution in [2.24, 2.45) is 5.92 Å². The maximum atomic E-state index is 12.5. The lowest BCUT2D eigenvalue weighted by atomic mass is 10.1. The van der Waals surface area contributed by atoms with Gasteiger partial charge >= 0.3 is 0 Å². The van der Waals surface area contributed by atoms with Gasteiger partial charge in [0.2, 0.25) is 0 Å². The van der Waals surface area contributed by atoms with Gasteiger partial charge in [0.1, 0.15) is 5.56 Å². The summed E-state index contributed by atoms with van der Waals surface area (Å²) >= 11 is 0. The first kappa shape index (κ1) is 15.6. The quantitative estimate of drug-likeness (QED) is 0.663. The van der Waals surface area contributed by atoms with E-state index in [1.165, 1.54) is 16.8 Å². The van der Waals surface area contributed by atoms with Crippen LogP contribution in [-0.4, -0.2) is 40.1 Å². The Kier molecular flexibility index (Phi) is 4.07. The standard InChI is InChI=1S/C18H19N5O2/c24-16-8-15(13-4-2-1-3-5-13)22-17-14(11-21-23(16)17)18(25)20-10-12-6-7-19-9-12/h1-5,8,11-12,19,21H,6-7,9-10H2,(H,20,25). The number of amides is 1. The first-order valence-electron chi connectivity index (χ1n) is 8.38. The third-order valence-electron chi connectivity index (χ3n) is 4.53. The second-order valence-corrected chi connectivity index (χ2v) is 6.26. The van der Waals surface area contributed by atoms with Crippen molar-refractivity contribution in [3.63, 3.8) is 0 Å². The fourth-order valence-electron chi connectivity index (χ4n) is 3.13. The Morgan fingerprint density at radius 2 is 2.16 bits per heavy atom. The summed E-state index contributed by atoms with van der Waals surface area (Å²) < 4.78 is 1.29. The summed E-state index contributed by atoms with van der Waals surface area (Å²) in [4.78, 5) is 29.4. The molecule has 25 heavy (non-hydrogen) atoms. The molecule has 7 nitrogen and oxygen atoms in total. The average molecular weight is 337 g/mol. The number of hydrogen-bond donors (Lipinski definition) is 3. The number of H-pyrrole nitrogens is 1. The number of fused-ring (bicyclic) bond motifs is 1. The molecule has 1 fully saturated rings. The van der Waals surface area contributed by atoms with Crippen molar-refractivity contribution in [3.05, 3.63) is 58.5 Å². The second kappa shape index (κ2) is 6.52. The zero-order chi connectivity index (χ0) is 17.2. The number of carbonyl (C=O) groups is 1. The van der Waals surface area contributed by atoms with Crippen LogP contribution < -0.4 is 16.2 Å². The third-order valence-corrected chi connectivity index (χ3v) is 4.53. The van der Waals surface area contributed by atoms with Gasteiger partial charge in [0.05, 0.1) is 5.69 Å². The largest absolute Gasteiger partial charge is 0.352 e. The van der Waals surface area contributed by atoms with Gasteiger partial charge in [-0.1, -0.05) is 30.3 Å². The van der Waals surface area contributed by atoms with E-state index in [1.54, 1.807) is 0 Å². The monoisotopic (exact) mass is 337 g/mol. The minimum atomic E-state index is -0.247. The summed E-state index contributed by atoms with van der Waals surface area (Å²) in [5.74, 6) is 0.229. The van der Waals surface area contributed by atoms with E-state index >= 15 is 0 Å². The number of carbonyl (C=O) groups excluding carboxylic acids is 1. The van der Waals surface area contributed by atoms with Gasteiger partial charge in [-0.3, -0.25) is 14.7 Å². The molecule has 1 aliphatic rings. The summed E-state index contributed by atoms with van der Waals surface area (Å²) in [5.41, 5.74) is 1.86. The molecule has 4 rings (SSSR count). The van der Waals surface area contributed by atoms with E-state index in [-0.39, 0.29) is 11.5 Å². The molecule has 1 saturated heterocycles. The van der Waals surface area contributed by atoms with Crippen LogP contribution in [0, 0.1) is 5.92 Å². The van der Waals surface area contributed by atoms with E-state index in [4.69, 9.17) is 0 Å². The highest BCUT2D eigenvalue weighted by Gasteiger charge is 2.19. The topological polar surface area (TPSA) is 91.3 Å². The van der Waals surface area contributed by atoms with E-state index in [1.807, 2.05) is 30.3 Å². The van der Waals surface area contributed by atoms with E-state index in [0.717, 1.165) is 25.1 Å². The predicted molar refractivity (Wildman–Crippen MR) is 94.6 cm³/mol. The van der Waals surface area contributed by atoms with Gasteiger partial charge in [0, 0.05) is 24.4 Å². The van der Waals surface area contributed by atoms with Crippen molar-refractivity contribution < 1.29 is 4.79 Å². The summed E-state index contributed by atoms with van der Waals surface area (Å²) in [6, 6.07) is 10.9. The maximum absolute atomic E-state index is 12.5. The number of nitrogens with zero attached hydrogens (tertiary/aromatic N) is 2. The third kappa shape index (κ3) is 3.06. The second-order valence-electron chi connectivity index (χ2n) is 6.26. The zero-order valence-electron chi connectivity index (χ0n) is 13.7. The number of benzene rings is 1. The van der Waals surface area contributed by atoms with E-state index in [9.17, 15) is 9.59 Å². The van der Waals surface area contributed by atoms with Gasteiger partial charge in [0.15, 0.2) is 5.65 Å². The predicted octanol–water partition coefficient (Wildman–Crippen LogP) is 1.03. The van der Waals surface area contributed by atoms with E-state index in [0.29, 0.717) is 29.4 Å². The van der Waals surface area contributed by atoms with E-state index < -0.39 is 0 Å². The Labute approximate surface area is 144 Å². The minimum Gasteiger partial charge on any atom is -0.352 e. The molecule has 1 aromatic carbocycles. The highest BCUT2D eigenvalue weighted by molar-refractivity contribution is 5.99. The van der Waals surface area contributed by atoms with Gasteiger partial charge in [0.25, 0.3) is 11.5 Å². The Morgan fingerprint density at radius 3 is 2.92 bits per heavy atom. The number of aromatic nitrogens is 3. The molecule has 7 heteroatoms. The minimum absolute atomic E-state index is 0.220. The van der Waals surface area contributed by atoms with Gasteiger partial charge in [-0.2, -0.15) is 0 Å². The molecule has 128 valence electrons. The van der Waals surface area contributed by atoms with Crippen LogP contribution in [0.1, 0.15) is 16.8 Å². The Bertz CT molecular complexity index is 955. The van der Waals surface area contributed by atoms with Crippen molar-refractivity contribution in [2.45, 2.75) is 6.42 Å². The van der Waals surface area contributed by atoms with Gasteiger partial charge in [-0.05, 0) is 25.4 Å². The first-order valence-corrected chi connectivity index (χ1v) is 8.38. The molecular weight excluding hydrogens is 318 g/mol. The molecule has 0 aliphatic carbocycles. The molecule has 2 aromatic heterocycles. The first-order chi connectivity index (χ1) is 12.2. The SMILES string of the molecule is O=C(NCC1CCNC1)c1c[nH]n2c(=O)cc(-c3ccccc3)nc12. The summed E-state index contributed by atoms with van der Waals surface area (Å²) in [5, 5.41) is 9.03. The number of aromatic amines is 1. The smallest absolute Gasteiger partial charge is 0.273 e. The lowest BCUT2D eigenvalue weighted by Crippen LogP contribution is -2.30. The molecule has 3 aromatic rings. The average Bonchev–Trinajstić information content (AvgIpc) is 3.30.